The summed E-state index contributed by atoms with van der Waals surface area (Å²) in [6, 6.07) is 10.8. The maximum atomic E-state index is 13.2. The second-order valence-corrected chi connectivity index (χ2v) is 9.41. The van der Waals surface area contributed by atoms with Gasteiger partial charge < -0.3 is 14.3 Å². The quantitative estimate of drug-likeness (QED) is 0.671. The fourth-order valence-electron chi connectivity index (χ4n) is 3.85. The molecule has 1 N–H and O–H groups in total. The van der Waals surface area contributed by atoms with Gasteiger partial charge in [-0.15, -0.1) is 0 Å². The third-order valence-corrected chi connectivity index (χ3v) is 7.36. The predicted octanol–water partition coefficient (Wildman–Crippen LogP) is 2.53. The predicted molar refractivity (Wildman–Crippen MR) is 110 cm³/mol. The van der Waals surface area contributed by atoms with Crippen LogP contribution in [0.15, 0.2) is 58.2 Å². The Labute approximate surface area is 170 Å². The molecule has 0 radical (unpaired) electrons. The van der Waals surface area contributed by atoms with E-state index in [0.717, 1.165) is 16.7 Å². The van der Waals surface area contributed by atoms with Crippen LogP contribution in [-0.2, 0) is 28.3 Å². The van der Waals surface area contributed by atoms with Gasteiger partial charge in [-0.1, -0.05) is 0 Å². The summed E-state index contributed by atoms with van der Waals surface area (Å²) in [5, 5.41) is 3.79. The highest BCUT2D eigenvalue weighted by Gasteiger charge is 2.33. The summed E-state index contributed by atoms with van der Waals surface area (Å²) in [6.07, 6.45) is 5.49. The second-order valence-electron chi connectivity index (χ2n) is 7.47. The van der Waals surface area contributed by atoms with Crippen molar-refractivity contribution < 1.29 is 17.6 Å². The number of amides is 1. The lowest BCUT2D eigenvalue weighted by atomic mass is 9.99. The van der Waals surface area contributed by atoms with Gasteiger partial charge in [-0.2, -0.15) is 4.31 Å². The zero-order valence-corrected chi connectivity index (χ0v) is 17.2. The number of nitrogens with zero attached hydrogens (tertiary/aromatic N) is 2. The average Bonchev–Trinajstić information content (AvgIpc) is 3.38. The van der Waals surface area contributed by atoms with Crippen LogP contribution >= 0.6 is 0 Å². The molecule has 1 amide bonds. The number of aromatic nitrogens is 1. The van der Waals surface area contributed by atoms with Gasteiger partial charge in [-0.3, -0.25) is 4.79 Å². The molecule has 8 heteroatoms. The molecule has 154 valence electrons. The first-order valence-corrected chi connectivity index (χ1v) is 11.2. The van der Waals surface area contributed by atoms with Crippen molar-refractivity contribution in [3.05, 3.63) is 54.6 Å². The monoisotopic (exact) mass is 415 g/mol. The molecule has 1 unspecified atom stereocenters. The van der Waals surface area contributed by atoms with Crippen LogP contribution in [0.4, 0.5) is 0 Å². The summed E-state index contributed by atoms with van der Waals surface area (Å²) in [4.78, 5) is 12.8. The highest BCUT2D eigenvalue weighted by atomic mass is 32.2. The number of fused-ring (bicyclic) bond motifs is 1. The first kappa shape index (κ1) is 19.7. The van der Waals surface area contributed by atoms with Crippen molar-refractivity contribution in [2.45, 2.75) is 24.2 Å². The van der Waals surface area contributed by atoms with Crippen molar-refractivity contribution in [3.8, 4) is 0 Å². The number of hydrogen-bond acceptors (Lipinski definition) is 4. The molecule has 3 heterocycles. The molecule has 1 aliphatic rings. The van der Waals surface area contributed by atoms with Gasteiger partial charge >= 0.3 is 0 Å². The van der Waals surface area contributed by atoms with Crippen LogP contribution in [0.5, 0.6) is 0 Å². The van der Waals surface area contributed by atoms with E-state index in [0.29, 0.717) is 32.4 Å². The lowest BCUT2D eigenvalue weighted by molar-refractivity contribution is -0.126. The Balaban J connectivity index is 1.42. The molecule has 4 rings (SSSR count). The molecule has 1 fully saturated rings. The lowest BCUT2D eigenvalue weighted by Crippen LogP contribution is -2.45. The van der Waals surface area contributed by atoms with Crippen LogP contribution in [0, 0.1) is 5.92 Å². The molecule has 1 aromatic carbocycles. The number of hydrogen-bond donors (Lipinski definition) is 1. The fraction of sp³-hybridized carbons (Fsp3) is 0.381. The third kappa shape index (κ3) is 4.09. The Morgan fingerprint density at radius 1 is 1.28 bits per heavy atom. The molecule has 1 saturated heterocycles. The van der Waals surface area contributed by atoms with E-state index in [9.17, 15) is 13.2 Å². The SMILES string of the molecule is Cn1ccc2cc(S(=O)(=O)N3CCCC(C(=O)NCCc4ccco4)C3)ccc21. The highest BCUT2D eigenvalue weighted by molar-refractivity contribution is 7.89. The van der Waals surface area contributed by atoms with Crippen molar-refractivity contribution in [1.82, 2.24) is 14.2 Å². The summed E-state index contributed by atoms with van der Waals surface area (Å²) >= 11 is 0. The van der Waals surface area contributed by atoms with Gasteiger partial charge in [0.05, 0.1) is 17.1 Å². The normalized spacial score (nSPS) is 18.2. The molecule has 0 saturated carbocycles. The number of carbonyl (C=O) groups is 1. The minimum atomic E-state index is -3.64. The van der Waals surface area contributed by atoms with E-state index in [4.69, 9.17) is 4.42 Å². The Kier molecular flexibility index (Phi) is 5.47. The van der Waals surface area contributed by atoms with Gasteiger partial charge in [0.25, 0.3) is 0 Å². The van der Waals surface area contributed by atoms with Crippen LogP contribution in [0.1, 0.15) is 18.6 Å². The topological polar surface area (TPSA) is 84.5 Å². The summed E-state index contributed by atoms with van der Waals surface area (Å²) in [6.45, 7) is 1.12. The molecule has 2 aromatic heterocycles. The molecule has 0 spiro atoms. The summed E-state index contributed by atoms with van der Waals surface area (Å²) in [5.41, 5.74) is 0.983. The van der Waals surface area contributed by atoms with Gasteiger partial charge in [-0.25, -0.2) is 8.42 Å². The van der Waals surface area contributed by atoms with Crippen molar-refractivity contribution in [2.24, 2.45) is 13.0 Å². The van der Waals surface area contributed by atoms with E-state index in [1.165, 1.54) is 4.31 Å². The maximum absolute atomic E-state index is 13.2. The number of carbonyl (C=O) groups excluding carboxylic acids is 1. The summed E-state index contributed by atoms with van der Waals surface area (Å²) in [7, 11) is -1.71. The van der Waals surface area contributed by atoms with Crippen LogP contribution in [-0.4, -0.2) is 42.8 Å². The summed E-state index contributed by atoms with van der Waals surface area (Å²) in [5.74, 6) is 0.375. The molecule has 0 bridgehead atoms. The first-order valence-electron chi connectivity index (χ1n) is 9.80. The molecular formula is C21H25N3O4S. The van der Waals surface area contributed by atoms with E-state index in [2.05, 4.69) is 5.32 Å². The van der Waals surface area contributed by atoms with Crippen LogP contribution in [0.2, 0.25) is 0 Å². The highest BCUT2D eigenvalue weighted by Crippen LogP contribution is 2.26. The minimum absolute atomic E-state index is 0.102. The van der Waals surface area contributed by atoms with Gasteiger partial charge in [0, 0.05) is 50.2 Å². The van der Waals surface area contributed by atoms with Crippen LogP contribution < -0.4 is 5.32 Å². The molecule has 1 atom stereocenters. The average molecular weight is 416 g/mol. The molecule has 7 nitrogen and oxygen atoms in total. The van der Waals surface area contributed by atoms with Crippen LogP contribution in [0.25, 0.3) is 10.9 Å². The zero-order valence-electron chi connectivity index (χ0n) is 16.4. The Morgan fingerprint density at radius 2 is 2.14 bits per heavy atom. The van der Waals surface area contributed by atoms with E-state index < -0.39 is 10.0 Å². The Bertz CT molecular complexity index is 1100. The molecular weight excluding hydrogens is 390 g/mol. The number of sulfonamides is 1. The Morgan fingerprint density at radius 3 is 2.93 bits per heavy atom. The van der Waals surface area contributed by atoms with E-state index in [-0.39, 0.29) is 23.3 Å². The number of piperidine rings is 1. The largest absolute Gasteiger partial charge is 0.469 e. The molecule has 0 aliphatic carbocycles. The maximum Gasteiger partial charge on any atom is 0.243 e. The standard InChI is InChI=1S/C21H25N3O4S/c1-23-12-9-16-14-19(6-7-20(16)23)29(26,27)24-11-2-4-17(15-24)21(25)22-10-8-18-5-3-13-28-18/h3,5-7,9,12-14,17H,2,4,8,10-11,15H2,1H3,(H,22,25). The smallest absolute Gasteiger partial charge is 0.243 e. The van der Waals surface area contributed by atoms with Gasteiger partial charge in [0.1, 0.15) is 5.76 Å². The fourth-order valence-corrected chi connectivity index (χ4v) is 5.41. The van der Waals surface area contributed by atoms with Gasteiger partial charge in [0.15, 0.2) is 0 Å². The van der Waals surface area contributed by atoms with E-state index >= 15 is 0 Å². The number of benzene rings is 1. The zero-order chi connectivity index (χ0) is 20.4. The number of furan rings is 1. The molecule has 29 heavy (non-hydrogen) atoms. The van der Waals surface area contributed by atoms with Crippen molar-refractivity contribution in [3.63, 3.8) is 0 Å². The molecule has 3 aromatic rings. The minimum Gasteiger partial charge on any atom is -0.469 e. The summed E-state index contributed by atoms with van der Waals surface area (Å²) < 4.78 is 35.0. The lowest BCUT2D eigenvalue weighted by Gasteiger charge is -2.31. The third-order valence-electron chi connectivity index (χ3n) is 5.50. The van der Waals surface area contributed by atoms with Crippen molar-refractivity contribution in [2.75, 3.05) is 19.6 Å². The number of aryl methyl sites for hydroxylation is 1. The van der Waals surface area contributed by atoms with Crippen molar-refractivity contribution >= 4 is 26.8 Å². The van der Waals surface area contributed by atoms with Gasteiger partial charge in [-0.05, 0) is 49.2 Å². The number of nitrogens with one attached hydrogen (secondary N) is 1. The van der Waals surface area contributed by atoms with Crippen LogP contribution in [0.3, 0.4) is 0 Å². The van der Waals surface area contributed by atoms with Crippen molar-refractivity contribution in [1.29, 1.82) is 0 Å². The first-order chi connectivity index (χ1) is 13.9. The molecule has 1 aliphatic heterocycles. The van der Waals surface area contributed by atoms with E-state index in [1.54, 1.807) is 18.4 Å². The number of rotatable bonds is 6. The van der Waals surface area contributed by atoms with Gasteiger partial charge in [0.2, 0.25) is 15.9 Å². The van der Waals surface area contributed by atoms with E-state index in [1.807, 2.05) is 42.1 Å². The Hall–Kier alpha value is -2.58. The second kappa shape index (κ2) is 8.04.